The van der Waals surface area contributed by atoms with Crippen molar-refractivity contribution in [1.82, 2.24) is 0 Å². The second-order valence-electron chi connectivity index (χ2n) is 7.65. The number of para-hydroxylation sites is 1. The molecule has 0 saturated heterocycles. The summed E-state index contributed by atoms with van der Waals surface area (Å²) in [6.45, 7) is 0. The Morgan fingerprint density at radius 3 is 2.73 bits per heavy atom. The zero-order chi connectivity index (χ0) is 20.5. The van der Waals surface area contributed by atoms with Gasteiger partial charge in [-0.2, -0.15) is 5.10 Å². The van der Waals surface area contributed by atoms with Crippen molar-refractivity contribution < 1.29 is 9.34 Å². The van der Waals surface area contributed by atoms with Crippen LogP contribution in [0, 0.1) is 16.0 Å². The number of anilines is 1. The van der Waals surface area contributed by atoms with E-state index in [1.807, 2.05) is 53.5 Å². The zero-order valence-electron chi connectivity index (χ0n) is 16.3. The average molecular weight is 399 g/mol. The van der Waals surface area contributed by atoms with Gasteiger partial charge in [0, 0.05) is 18.1 Å². The van der Waals surface area contributed by atoms with Crippen molar-refractivity contribution >= 4 is 23.2 Å². The third-order valence-corrected chi connectivity index (χ3v) is 5.80. The van der Waals surface area contributed by atoms with Gasteiger partial charge in [0.15, 0.2) is 0 Å². The summed E-state index contributed by atoms with van der Waals surface area (Å²) < 4.78 is 5.53. The van der Waals surface area contributed by atoms with Crippen LogP contribution >= 0.6 is 0 Å². The molecule has 1 aromatic heterocycles. The maximum atomic E-state index is 11.4. The maximum absolute atomic E-state index is 11.4. The Hall–Kier alpha value is -3.67. The molecule has 1 aliphatic heterocycles. The van der Waals surface area contributed by atoms with Crippen LogP contribution in [0.2, 0.25) is 0 Å². The van der Waals surface area contributed by atoms with Gasteiger partial charge in [-0.1, -0.05) is 30.3 Å². The molecule has 2 aliphatic rings. The molecule has 3 aromatic rings. The minimum Gasteiger partial charge on any atom is -0.465 e. The van der Waals surface area contributed by atoms with Gasteiger partial charge in [0.1, 0.15) is 5.76 Å². The molecule has 0 radical (unpaired) electrons. The lowest BCUT2D eigenvalue weighted by Gasteiger charge is -2.30. The molecule has 0 unspecified atom stereocenters. The van der Waals surface area contributed by atoms with E-state index in [4.69, 9.17) is 9.52 Å². The molecule has 0 spiro atoms. The molecule has 0 bridgehead atoms. The molecule has 0 N–H and O–H groups in total. The van der Waals surface area contributed by atoms with Crippen LogP contribution in [0.5, 0.6) is 0 Å². The number of nitro benzene ring substituents is 1. The highest BCUT2D eigenvalue weighted by atomic mass is 16.6. The Bertz CT molecular complexity index is 1120. The molecule has 5 rings (SSSR count). The number of nitrogens with zero attached hydrogens (tertiary/aromatic N) is 3. The number of allylic oxidation sites excluding steroid dienone is 1. The lowest BCUT2D eigenvalue weighted by Crippen LogP contribution is -2.28. The van der Waals surface area contributed by atoms with E-state index in [1.165, 1.54) is 11.6 Å². The average Bonchev–Trinajstić information content (AvgIpc) is 3.43. The van der Waals surface area contributed by atoms with Crippen LogP contribution in [0.1, 0.15) is 36.6 Å². The summed E-state index contributed by atoms with van der Waals surface area (Å²) in [5, 5.41) is 18.4. The number of fused-ring (bicyclic) bond motifs is 1. The standard InChI is InChI=1S/C24H21N3O3/c28-27(29)20-11-4-8-18(15-20)24-22-13-5-7-17(16-21-12-6-14-30-21)23(22)25-26(24)19-9-2-1-3-10-19/h1-4,6,8-12,14-16,22,24H,5,7,13H2/b17-16+/t22-,24-/m1/s1. The molecule has 30 heavy (non-hydrogen) atoms. The quantitative estimate of drug-likeness (QED) is 0.399. The highest BCUT2D eigenvalue weighted by molar-refractivity contribution is 6.08. The van der Waals surface area contributed by atoms with E-state index in [1.54, 1.807) is 18.4 Å². The van der Waals surface area contributed by atoms with Crippen LogP contribution in [0.3, 0.4) is 0 Å². The van der Waals surface area contributed by atoms with Crippen LogP contribution in [0.15, 0.2) is 88.1 Å². The number of benzene rings is 2. The summed E-state index contributed by atoms with van der Waals surface area (Å²) in [4.78, 5) is 11.0. The summed E-state index contributed by atoms with van der Waals surface area (Å²) in [5.41, 5.74) is 4.23. The topological polar surface area (TPSA) is 71.9 Å². The molecule has 0 amide bonds. The van der Waals surface area contributed by atoms with Gasteiger partial charge in [0.25, 0.3) is 5.69 Å². The molecule has 1 aliphatic carbocycles. The van der Waals surface area contributed by atoms with Gasteiger partial charge in [-0.25, -0.2) is 0 Å². The number of rotatable bonds is 4. The van der Waals surface area contributed by atoms with E-state index in [0.29, 0.717) is 0 Å². The van der Waals surface area contributed by atoms with Gasteiger partial charge >= 0.3 is 0 Å². The predicted octanol–water partition coefficient (Wildman–Crippen LogP) is 5.99. The van der Waals surface area contributed by atoms with Crippen molar-refractivity contribution in [1.29, 1.82) is 0 Å². The smallest absolute Gasteiger partial charge is 0.269 e. The first kappa shape index (κ1) is 18.4. The Labute approximate surface area is 174 Å². The molecule has 6 heteroatoms. The molecule has 2 heterocycles. The molecule has 150 valence electrons. The van der Waals surface area contributed by atoms with E-state index in [0.717, 1.165) is 42.0 Å². The summed E-state index contributed by atoms with van der Waals surface area (Å²) >= 11 is 0. The molecule has 1 fully saturated rings. The van der Waals surface area contributed by atoms with Gasteiger partial charge in [-0.15, -0.1) is 0 Å². The van der Waals surface area contributed by atoms with Crippen molar-refractivity contribution in [2.24, 2.45) is 11.0 Å². The van der Waals surface area contributed by atoms with Crippen molar-refractivity contribution in [2.75, 3.05) is 5.01 Å². The molecule has 1 saturated carbocycles. The van der Waals surface area contributed by atoms with Gasteiger partial charge in [0.05, 0.1) is 28.6 Å². The molecular formula is C24H21N3O3. The fourth-order valence-corrected chi connectivity index (χ4v) is 4.50. The fraction of sp³-hybridized carbons (Fsp3) is 0.208. The van der Waals surface area contributed by atoms with Crippen molar-refractivity contribution in [3.63, 3.8) is 0 Å². The Morgan fingerprint density at radius 2 is 1.97 bits per heavy atom. The van der Waals surface area contributed by atoms with Crippen LogP contribution in [0.4, 0.5) is 11.4 Å². The first-order valence-corrected chi connectivity index (χ1v) is 10.1. The van der Waals surface area contributed by atoms with Gasteiger partial charge in [-0.05, 0) is 60.7 Å². The minimum atomic E-state index is -0.337. The summed E-state index contributed by atoms with van der Waals surface area (Å²) in [5.74, 6) is 0.987. The normalized spacial score (nSPS) is 22.1. The monoisotopic (exact) mass is 399 g/mol. The second kappa shape index (κ2) is 7.63. The first-order valence-electron chi connectivity index (χ1n) is 10.1. The van der Waals surface area contributed by atoms with Crippen molar-refractivity contribution in [3.05, 3.63) is 100 Å². The number of non-ortho nitro benzene ring substituents is 1. The van der Waals surface area contributed by atoms with E-state index < -0.39 is 0 Å². The van der Waals surface area contributed by atoms with Gasteiger partial charge in [-0.3, -0.25) is 15.1 Å². The van der Waals surface area contributed by atoms with Gasteiger partial charge < -0.3 is 4.42 Å². The van der Waals surface area contributed by atoms with Crippen LogP contribution in [0.25, 0.3) is 6.08 Å². The molecule has 2 aromatic carbocycles. The SMILES string of the molecule is O=[N+]([O-])c1cccc([C@@H]2[C@@H]3CCC/C(=C\c4ccco4)C3=NN2c2ccccc2)c1. The number of nitro groups is 1. The van der Waals surface area contributed by atoms with E-state index >= 15 is 0 Å². The van der Waals surface area contributed by atoms with Crippen molar-refractivity contribution in [2.45, 2.75) is 25.3 Å². The van der Waals surface area contributed by atoms with Crippen LogP contribution in [-0.2, 0) is 0 Å². The molecule has 2 atom stereocenters. The number of hydrazone groups is 1. The van der Waals surface area contributed by atoms with E-state index in [9.17, 15) is 10.1 Å². The second-order valence-corrected chi connectivity index (χ2v) is 7.65. The lowest BCUT2D eigenvalue weighted by atomic mass is 9.77. The maximum Gasteiger partial charge on any atom is 0.269 e. The van der Waals surface area contributed by atoms with Crippen LogP contribution in [-0.4, -0.2) is 10.6 Å². The fourth-order valence-electron chi connectivity index (χ4n) is 4.50. The largest absolute Gasteiger partial charge is 0.465 e. The van der Waals surface area contributed by atoms with Crippen molar-refractivity contribution in [3.8, 4) is 0 Å². The number of furan rings is 1. The Morgan fingerprint density at radius 1 is 1.10 bits per heavy atom. The Kier molecular flexibility index (Phi) is 4.67. The Balaban J connectivity index is 1.61. The summed E-state index contributed by atoms with van der Waals surface area (Å²) in [6.07, 6.45) is 6.73. The zero-order valence-corrected chi connectivity index (χ0v) is 16.3. The number of hydrogen-bond donors (Lipinski definition) is 0. The van der Waals surface area contributed by atoms with Gasteiger partial charge in [0.2, 0.25) is 0 Å². The third kappa shape index (κ3) is 3.30. The highest BCUT2D eigenvalue weighted by Crippen LogP contribution is 2.46. The van der Waals surface area contributed by atoms with E-state index in [-0.39, 0.29) is 22.6 Å². The first-order chi connectivity index (χ1) is 14.7. The third-order valence-electron chi connectivity index (χ3n) is 5.80. The number of hydrogen-bond acceptors (Lipinski definition) is 5. The highest BCUT2D eigenvalue weighted by Gasteiger charge is 2.42. The molecular weight excluding hydrogens is 378 g/mol. The van der Waals surface area contributed by atoms with Crippen LogP contribution < -0.4 is 5.01 Å². The predicted molar refractivity (Wildman–Crippen MR) is 116 cm³/mol. The lowest BCUT2D eigenvalue weighted by molar-refractivity contribution is -0.384. The van der Waals surface area contributed by atoms with E-state index in [2.05, 4.69) is 6.08 Å². The summed E-state index contributed by atoms with van der Waals surface area (Å²) in [7, 11) is 0. The molecule has 6 nitrogen and oxygen atoms in total. The minimum absolute atomic E-state index is 0.0809. The summed E-state index contributed by atoms with van der Waals surface area (Å²) in [6, 6.07) is 20.7.